The fourth-order valence-corrected chi connectivity index (χ4v) is 2.88. The number of nitrogens with zero attached hydrogens (tertiary/aromatic N) is 1. The number of carbonyl (C=O) groups is 1. The van der Waals surface area contributed by atoms with Gasteiger partial charge in [-0.1, -0.05) is 18.2 Å². The average molecular weight is 338 g/mol. The summed E-state index contributed by atoms with van der Waals surface area (Å²) in [6.07, 6.45) is 6.82. The monoisotopic (exact) mass is 338 g/mol. The number of anilines is 1. The zero-order chi connectivity index (χ0) is 17.6. The molecule has 0 aliphatic heterocycles. The molecule has 0 saturated heterocycles. The first kappa shape index (κ1) is 17.0. The Morgan fingerprint density at radius 1 is 1.12 bits per heavy atom. The van der Waals surface area contributed by atoms with Crippen LogP contribution in [-0.2, 0) is 4.79 Å². The Hall–Kier alpha value is -2.82. The van der Waals surface area contributed by atoms with Gasteiger partial charge in [0.2, 0.25) is 5.91 Å². The Labute approximate surface area is 147 Å². The van der Waals surface area contributed by atoms with Crippen molar-refractivity contribution in [3.8, 4) is 22.8 Å². The minimum absolute atomic E-state index is 0.0207. The molecule has 1 unspecified atom stereocenters. The van der Waals surface area contributed by atoms with E-state index in [-0.39, 0.29) is 11.8 Å². The van der Waals surface area contributed by atoms with E-state index in [0.29, 0.717) is 17.3 Å². The van der Waals surface area contributed by atoms with Crippen LogP contribution in [0.3, 0.4) is 0 Å². The normalized spacial score (nSPS) is 16.3. The highest BCUT2D eigenvalue weighted by atomic mass is 16.5. The zero-order valence-corrected chi connectivity index (χ0v) is 14.5. The summed E-state index contributed by atoms with van der Waals surface area (Å²) < 4.78 is 10.6. The molecule has 2 aromatic rings. The predicted molar refractivity (Wildman–Crippen MR) is 97.9 cm³/mol. The third kappa shape index (κ3) is 4.18. The van der Waals surface area contributed by atoms with Crippen LogP contribution in [0.25, 0.3) is 11.3 Å². The molecule has 1 aliphatic rings. The maximum Gasteiger partial charge on any atom is 0.228 e. The van der Waals surface area contributed by atoms with Gasteiger partial charge < -0.3 is 14.8 Å². The van der Waals surface area contributed by atoms with Crippen LogP contribution in [0.5, 0.6) is 11.5 Å². The van der Waals surface area contributed by atoms with E-state index in [9.17, 15) is 4.79 Å². The molecule has 1 atom stereocenters. The molecule has 0 fully saturated rings. The van der Waals surface area contributed by atoms with Gasteiger partial charge in [-0.25, -0.2) is 4.98 Å². The fourth-order valence-electron chi connectivity index (χ4n) is 2.88. The first-order chi connectivity index (χ1) is 12.2. The van der Waals surface area contributed by atoms with Gasteiger partial charge in [0.05, 0.1) is 19.9 Å². The second-order valence-corrected chi connectivity index (χ2v) is 5.98. The maximum absolute atomic E-state index is 12.4. The van der Waals surface area contributed by atoms with Gasteiger partial charge in [-0.3, -0.25) is 4.79 Å². The fraction of sp³-hybridized carbons (Fsp3) is 0.300. The lowest BCUT2D eigenvalue weighted by Gasteiger charge is -2.17. The number of aromatic nitrogens is 1. The van der Waals surface area contributed by atoms with Gasteiger partial charge in [-0.15, -0.1) is 0 Å². The number of methoxy groups -OCH3 is 2. The van der Waals surface area contributed by atoms with Crippen molar-refractivity contribution < 1.29 is 14.3 Å². The highest BCUT2D eigenvalue weighted by molar-refractivity contribution is 5.92. The second-order valence-electron chi connectivity index (χ2n) is 5.98. The van der Waals surface area contributed by atoms with Crippen LogP contribution in [-0.4, -0.2) is 25.1 Å². The molecule has 1 aromatic carbocycles. The van der Waals surface area contributed by atoms with Crippen molar-refractivity contribution in [3.05, 3.63) is 48.6 Å². The Balaban J connectivity index is 1.81. The van der Waals surface area contributed by atoms with Crippen molar-refractivity contribution in [2.75, 3.05) is 19.5 Å². The molecule has 1 N–H and O–H groups in total. The molecule has 130 valence electrons. The molecular formula is C20H22N2O3. The lowest BCUT2D eigenvalue weighted by atomic mass is 9.94. The van der Waals surface area contributed by atoms with Crippen LogP contribution < -0.4 is 14.8 Å². The van der Waals surface area contributed by atoms with Crippen molar-refractivity contribution in [3.63, 3.8) is 0 Å². The van der Waals surface area contributed by atoms with E-state index in [1.54, 1.807) is 20.3 Å². The van der Waals surface area contributed by atoms with Gasteiger partial charge in [0.1, 0.15) is 17.3 Å². The van der Waals surface area contributed by atoms with Crippen LogP contribution in [0, 0.1) is 5.92 Å². The number of allylic oxidation sites excluding steroid dienone is 2. The van der Waals surface area contributed by atoms with Crippen LogP contribution in [0.1, 0.15) is 19.3 Å². The Kier molecular flexibility index (Phi) is 5.33. The number of benzene rings is 1. The van der Waals surface area contributed by atoms with Crippen molar-refractivity contribution in [2.45, 2.75) is 19.3 Å². The van der Waals surface area contributed by atoms with Gasteiger partial charge in [0.15, 0.2) is 0 Å². The lowest BCUT2D eigenvalue weighted by molar-refractivity contribution is -0.120. The van der Waals surface area contributed by atoms with Crippen molar-refractivity contribution in [2.24, 2.45) is 5.92 Å². The highest BCUT2D eigenvalue weighted by Gasteiger charge is 2.19. The summed E-state index contributed by atoms with van der Waals surface area (Å²) in [5.41, 5.74) is 1.62. The summed E-state index contributed by atoms with van der Waals surface area (Å²) >= 11 is 0. The van der Waals surface area contributed by atoms with Gasteiger partial charge >= 0.3 is 0 Å². The first-order valence-electron chi connectivity index (χ1n) is 8.36. The number of carbonyl (C=O) groups excluding carboxylic acids is 1. The minimum atomic E-state index is 0.0207. The smallest absolute Gasteiger partial charge is 0.228 e. The molecule has 1 aliphatic carbocycles. The Morgan fingerprint density at radius 2 is 1.88 bits per heavy atom. The second kappa shape index (κ2) is 7.83. The van der Waals surface area contributed by atoms with Gasteiger partial charge in [-0.2, -0.15) is 0 Å². The SMILES string of the molecule is COc1cc(OC)cc(-c2cccc(NC(=O)C3CC=CCC3)n2)c1. The van der Waals surface area contributed by atoms with E-state index < -0.39 is 0 Å². The molecule has 5 heteroatoms. The van der Waals surface area contributed by atoms with Crippen molar-refractivity contribution >= 4 is 11.7 Å². The van der Waals surface area contributed by atoms with Crippen LogP contribution >= 0.6 is 0 Å². The summed E-state index contributed by atoms with van der Waals surface area (Å²) in [5.74, 6) is 1.99. The van der Waals surface area contributed by atoms with Crippen LogP contribution in [0.15, 0.2) is 48.6 Å². The van der Waals surface area contributed by atoms with E-state index in [0.717, 1.165) is 30.5 Å². The van der Waals surface area contributed by atoms with Gasteiger partial charge in [0, 0.05) is 17.5 Å². The molecule has 0 saturated carbocycles. The largest absolute Gasteiger partial charge is 0.497 e. The Morgan fingerprint density at radius 3 is 2.52 bits per heavy atom. The first-order valence-corrected chi connectivity index (χ1v) is 8.36. The molecular weight excluding hydrogens is 316 g/mol. The molecule has 0 spiro atoms. The van der Waals surface area contributed by atoms with E-state index >= 15 is 0 Å². The summed E-state index contributed by atoms with van der Waals surface area (Å²) in [7, 11) is 3.22. The van der Waals surface area contributed by atoms with Gasteiger partial charge in [0.25, 0.3) is 0 Å². The number of ether oxygens (including phenoxy) is 2. The molecule has 1 aromatic heterocycles. The molecule has 25 heavy (non-hydrogen) atoms. The predicted octanol–water partition coefficient (Wildman–Crippen LogP) is 4.06. The van der Waals surface area contributed by atoms with Gasteiger partial charge in [-0.05, 0) is 43.5 Å². The summed E-state index contributed by atoms with van der Waals surface area (Å²) in [6, 6.07) is 11.2. The lowest BCUT2D eigenvalue weighted by Crippen LogP contribution is -2.24. The number of rotatable bonds is 5. The van der Waals surface area contributed by atoms with Crippen LogP contribution in [0.4, 0.5) is 5.82 Å². The standard InChI is InChI=1S/C20H22N2O3/c1-24-16-11-15(12-17(13-16)25-2)18-9-6-10-19(21-18)22-20(23)14-7-4-3-5-8-14/h3-4,6,9-14H,5,7-8H2,1-2H3,(H,21,22,23). The van der Waals surface area contributed by atoms with Crippen molar-refractivity contribution in [1.82, 2.24) is 4.98 Å². The van der Waals surface area contributed by atoms with Crippen LogP contribution in [0.2, 0.25) is 0 Å². The summed E-state index contributed by atoms with van der Waals surface area (Å²) in [5, 5.41) is 2.93. The van der Waals surface area contributed by atoms with E-state index in [1.165, 1.54) is 0 Å². The third-order valence-electron chi connectivity index (χ3n) is 4.29. The topological polar surface area (TPSA) is 60.5 Å². The molecule has 0 bridgehead atoms. The maximum atomic E-state index is 12.4. The van der Waals surface area contributed by atoms with E-state index in [2.05, 4.69) is 22.5 Å². The number of hydrogen-bond donors (Lipinski definition) is 1. The summed E-state index contributed by atoms with van der Waals surface area (Å²) in [4.78, 5) is 17.0. The molecule has 3 rings (SSSR count). The third-order valence-corrected chi connectivity index (χ3v) is 4.29. The van der Waals surface area contributed by atoms with E-state index in [1.807, 2.05) is 30.3 Å². The Bertz CT molecular complexity index is 764. The highest BCUT2D eigenvalue weighted by Crippen LogP contribution is 2.29. The number of hydrogen-bond acceptors (Lipinski definition) is 4. The van der Waals surface area contributed by atoms with Crippen molar-refractivity contribution in [1.29, 1.82) is 0 Å². The van der Waals surface area contributed by atoms with E-state index in [4.69, 9.17) is 9.47 Å². The number of nitrogens with one attached hydrogen (secondary N) is 1. The number of amides is 1. The minimum Gasteiger partial charge on any atom is -0.497 e. The molecule has 0 radical (unpaired) electrons. The zero-order valence-electron chi connectivity index (χ0n) is 14.5. The quantitative estimate of drug-likeness (QED) is 0.835. The average Bonchev–Trinajstić information content (AvgIpc) is 2.68. The number of pyridine rings is 1. The molecule has 5 nitrogen and oxygen atoms in total. The summed E-state index contributed by atoms with van der Waals surface area (Å²) in [6.45, 7) is 0. The molecule has 1 heterocycles. The molecule has 1 amide bonds.